The average molecular weight is 278 g/mol. The maximum absolute atomic E-state index is 12.4. The number of carbonyl (C=O) groups excluding carboxylic acids is 1. The lowest BCUT2D eigenvalue weighted by molar-refractivity contribution is 0.0925. The quantitative estimate of drug-likeness (QED) is 0.799. The molecule has 0 aliphatic rings. The van der Waals surface area contributed by atoms with E-state index in [-0.39, 0.29) is 11.9 Å². The summed E-state index contributed by atoms with van der Waals surface area (Å²) in [7, 11) is 5.83. The molecule has 0 spiro atoms. The van der Waals surface area contributed by atoms with Crippen LogP contribution in [0.25, 0.3) is 0 Å². The van der Waals surface area contributed by atoms with Crippen LogP contribution >= 0.6 is 0 Å². The molecule has 1 heterocycles. The standard InChI is InChI=1S/C15H26N4O/c1-11(2)8-12(10-19(4)5)18-15(20)13-6-7-17-9-14(13)16-3/h6-7,9,11-12,16H,8,10H2,1-5H3,(H,18,20). The first-order chi connectivity index (χ1) is 9.43. The minimum Gasteiger partial charge on any atom is -0.386 e. The number of nitrogens with zero attached hydrogens (tertiary/aromatic N) is 2. The van der Waals surface area contributed by atoms with Crippen molar-refractivity contribution in [2.75, 3.05) is 33.0 Å². The number of anilines is 1. The molecule has 0 aromatic carbocycles. The molecule has 0 saturated heterocycles. The summed E-state index contributed by atoms with van der Waals surface area (Å²) < 4.78 is 0. The molecule has 1 amide bonds. The predicted octanol–water partition coefficient (Wildman–Crippen LogP) is 1.83. The molecule has 1 aromatic heterocycles. The number of rotatable bonds is 7. The van der Waals surface area contributed by atoms with Crippen molar-refractivity contribution in [3.8, 4) is 0 Å². The molecular formula is C15H26N4O. The summed E-state index contributed by atoms with van der Waals surface area (Å²) in [6.07, 6.45) is 4.27. The third-order valence-electron chi connectivity index (χ3n) is 3.01. The Morgan fingerprint density at radius 3 is 2.65 bits per heavy atom. The van der Waals surface area contributed by atoms with Gasteiger partial charge >= 0.3 is 0 Å². The first-order valence-electron chi connectivity index (χ1n) is 7.01. The second-order valence-electron chi connectivity index (χ2n) is 5.73. The third kappa shape index (κ3) is 5.17. The normalized spacial score (nSPS) is 12.6. The Balaban J connectivity index is 2.79. The molecule has 0 saturated carbocycles. The van der Waals surface area contributed by atoms with Crippen molar-refractivity contribution < 1.29 is 4.79 Å². The molecule has 0 aliphatic carbocycles. The minimum absolute atomic E-state index is 0.0516. The van der Waals surface area contributed by atoms with Crippen molar-refractivity contribution >= 4 is 11.6 Å². The molecule has 1 unspecified atom stereocenters. The van der Waals surface area contributed by atoms with E-state index in [9.17, 15) is 4.79 Å². The predicted molar refractivity (Wildman–Crippen MR) is 83.0 cm³/mol. The Morgan fingerprint density at radius 1 is 1.40 bits per heavy atom. The van der Waals surface area contributed by atoms with Gasteiger partial charge in [-0.15, -0.1) is 0 Å². The molecule has 1 rings (SSSR count). The van der Waals surface area contributed by atoms with Gasteiger partial charge in [0.1, 0.15) is 0 Å². The van der Waals surface area contributed by atoms with Gasteiger partial charge in [-0.2, -0.15) is 0 Å². The Kier molecular flexibility index (Phi) is 6.45. The van der Waals surface area contributed by atoms with E-state index in [4.69, 9.17) is 0 Å². The second kappa shape index (κ2) is 7.85. The van der Waals surface area contributed by atoms with Crippen LogP contribution in [-0.2, 0) is 0 Å². The molecule has 0 fully saturated rings. The summed E-state index contributed by atoms with van der Waals surface area (Å²) in [4.78, 5) is 18.5. The Morgan fingerprint density at radius 2 is 2.10 bits per heavy atom. The van der Waals surface area contributed by atoms with E-state index in [0.717, 1.165) is 18.7 Å². The Hall–Kier alpha value is -1.62. The van der Waals surface area contributed by atoms with Gasteiger partial charge in [-0.25, -0.2) is 0 Å². The highest BCUT2D eigenvalue weighted by Gasteiger charge is 2.17. The maximum Gasteiger partial charge on any atom is 0.253 e. The number of likely N-dealkylation sites (N-methyl/N-ethyl adjacent to an activating group) is 1. The van der Waals surface area contributed by atoms with Crippen molar-refractivity contribution in [1.82, 2.24) is 15.2 Å². The molecule has 20 heavy (non-hydrogen) atoms. The van der Waals surface area contributed by atoms with Gasteiger partial charge in [0.25, 0.3) is 5.91 Å². The van der Waals surface area contributed by atoms with Crippen molar-refractivity contribution in [2.24, 2.45) is 5.92 Å². The minimum atomic E-state index is -0.0516. The summed E-state index contributed by atoms with van der Waals surface area (Å²) in [5, 5.41) is 6.12. The van der Waals surface area contributed by atoms with E-state index >= 15 is 0 Å². The van der Waals surface area contributed by atoms with Crippen LogP contribution in [-0.4, -0.2) is 49.5 Å². The van der Waals surface area contributed by atoms with Crippen LogP contribution in [0, 0.1) is 5.92 Å². The van der Waals surface area contributed by atoms with E-state index in [2.05, 4.69) is 34.4 Å². The van der Waals surface area contributed by atoms with Crippen LogP contribution < -0.4 is 10.6 Å². The number of carbonyl (C=O) groups is 1. The van der Waals surface area contributed by atoms with Gasteiger partial charge in [0, 0.05) is 25.8 Å². The summed E-state index contributed by atoms with van der Waals surface area (Å²) >= 11 is 0. The zero-order valence-corrected chi connectivity index (χ0v) is 13.1. The Labute approximate surface area is 121 Å². The topological polar surface area (TPSA) is 57.3 Å². The fraction of sp³-hybridized carbons (Fsp3) is 0.600. The first kappa shape index (κ1) is 16.4. The summed E-state index contributed by atoms with van der Waals surface area (Å²) in [6.45, 7) is 5.17. The number of aromatic nitrogens is 1. The van der Waals surface area contributed by atoms with Gasteiger partial charge in [0.2, 0.25) is 0 Å². The van der Waals surface area contributed by atoms with E-state index in [0.29, 0.717) is 11.5 Å². The zero-order valence-electron chi connectivity index (χ0n) is 13.1. The van der Waals surface area contributed by atoms with E-state index < -0.39 is 0 Å². The molecule has 5 heteroatoms. The van der Waals surface area contributed by atoms with Gasteiger partial charge in [-0.3, -0.25) is 9.78 Å². The third-order valence-corrected chi connectivity index (χ3v) is 3.01. The largest absolute Gasteiger partial charge is 0.386 e. The number of amides is 1. The van der Waals surface area contributed by atoms with E-state index in [1.54, 1.807) is 25.5 Å². The fourth-order valence-electron chi connectivity index (χ4n) is 2.24. The van der Waals surface area contributed by atoms with Crippen LogP contribution in [0.15, 0.2) is 18.5 Å². The number of hydrogen-bond donors (Lipinski definition) is 2. The summed E-state index contributed by atoms with van der Waals surface area (Å²) in [5.41, 5.74) is 1.38. The van der Waals surface area contributed by atoms with Gasteiger partial charge in [0.05, 0.1) is 17.4 Å². The molecule has 2 N–H and O–H groups in total. The smallest absolute Gasteiger partial charge is 0.253 e. The molecule has 0 radical (unpaired) electrons. The van der Waals surface area contributed by atoms with Crippen molar-refractivity contribution in [3.63, 3.8) is 0 Å². The maximum atomic E-state index is 12.4. The molecular weight excluding hydrogens is 252 g/mol. The lowest BCUT2D eigenvalue weighted by atomic mass is 10.0. The molecule has 5 nitrogen and oxygen atoms in total. The summed E-state index contributed by atoms with van der Waals surface area (Å²) in [5.74, 6) is 0.491. The van der Waals surface area contributed by atoms with E-state index in [1.165, 1.54) is 0 Å². The summed E-state index contributed by atoms with van der Waals surface area (Å²) in [6, 6.07) is 1.89. The highest BCUT2D eigenvalue weighted by Crippen LogP contribution is 2.13. The van der Waals surface area contributed by atoms with Crippen LogP contribution in [0.1, 0.15) is 30.6 Å². The van der Waals surface area contributed by atoms with E-state index in [1.807, 2.05) is 14.1 Å². The second-order valence-corrected chi connectivity index (χ2v) is 5.73. The lowest BCUT2D eigenvalue weighted by Gasteiger charge is -2.24. The highest BCUT2D eigenvalue weighted by atomic mass is 16.1. The van der Waals surface area contributed by atoms with Gasteiger partial charge < -0.3 is 15.5 Å². The molecule has 112 valence electrons. The molecule has 1 aromatic rings. The Bertz CT molecular complexity index is 422. The van der Waals surface area contributed by atoms with Crippen LogP contribution in [0.3, 0.4) is 0 Å². The van der Waals surface area contributed by atoms with Crippen LogP contribution in [0.4, 0.5) is 5.69 Å². The molecule has 1 atom stereocenters. The molecule has 0 bridgehead atoms. The van der Waals surface area contributed by atoms with Gasteiger partial charge in [-0.1, -0.05) is 13.8 Å². The van der Waals surface area contributed by atoms with Gasteiger partial charge in [-0.05, 0) is 32.5 Å². The van der Waals surface area contributed by atoms with Crippen molar-refractivity contribution in [3.05, 3.63) is 24.0 Å². The highest BCUT2D eigenvalue weighted by molar-refractivity contribution is 5.99. The average Bonchev–Trinajstić information content (AvgIpc) is 2.36. The first-order valence-corrected chi connectivity index (χ1v) is 7.01. The number of nitrogens with one attached hydrogen (secondary N) is 2. The van der Waals surface area contributed by atoms with Crippen LogP contribution in [0.5, 0.6) is 0 Å². The van der Waals surface area contributed by atoms with Crippen molar-refractivity contribution in [1.29, 1.82) is 0 Å². The monoisotopic (exact) mass is 278 g/mol. The zero-order chi connectivity index (χ0) is 15.1. The fourth-order valence-corrected chi connectivity index (χ4v) is 2.24. The molecule has 0 aliphatic heterocycles. The van der Waals surface area contributed by atoms with Crippen molar-refractivity contribution in [2.45, 2.75) is 26.3 Å². The SMILES string of the molecule is CNc1cnccc1C(=O)NC(CC(C)C)CN(C)C. The van der Waals surface area contributed by atoms with Gasteiger partial charge in [0.15, 0.2) is 0 Å². The lowest BCUT2D eigenvalue weighted by Crippen LogP contribution is -2.42. The van der Waals surface area contributed by atoms with Crippen LogP contribution in [0.2, 0.25) is 0 Å². The number of pyridine rings is 1. The number of hydrogen-bond acceptors (Lipinski definition) is 4.